The zero-order chi connectivity index (χ0) is 23.1. The minimum absolute atomic E-state index is 0.159. The Balaban J connectivity index is 1.65. The Morgan fingerprint density at radius 2 is 1.73 bits per heavy atom. The van der Waals surface area contributed by atoms with Gasteiger partial charge in [-0.25, -0.2) is 0 Å². The molecule has 1 atom stereocenters. The van der Waals surface area contributed by atoms with E-state index in [4.69, 9.17) is 39.5 Å². The summed E-state index contributed by atoms with van der Waals surface area (Å²) in [5.74, 6) is 0.580. The van der Waals surface area contributed by atoms with Gasteiger partial charge < -0.3 is 9.64 Å². The number of H-pyrrole nitrogens is 1. The number of aromatic amines is 1. The van der Waals surface area contributed by atoms with Gasteiger partial charge in [0.1, 0.15) is 11.4 Å². The van der Waals surface area contributed by atoms with Crippen molar-refractivity contribution >= 4 is 40.7 Å². The summed E-state index contributed by atoms with van der Waals surface area (Å²) in [6.45, 7) is 0.327. The summed E-state index contributed by atoms with van der Waals surface area (Å²) in [4.78, 5) is 15.3. The molecule has 8 heteroatoms. The number of fused-ring (bicyclic) bond motifs is 1. The zero-order valence-corrected chi connectivity index (χ0v) is 19.7. The molecule has 2 heterocycles. The number of nitrogens with zero attached hydrogens (tertiary/aromatic N) is 2. The third-order valence-corrected chi connectivity index (χ3v) is 6.89. The van der Waals surface area contributed by atoms with Crippen LogP contribution in [0.1, 0.15) is 33.2 Å². The molecule has 3 aromatic carbocycles. The SMILES string of the molecule is COc1ccc(-c2n[nH]c3c2C(c2ccc(Cl)c(Cl)c2)N(Cc2ccccc2Cl)C3=O)cc1. The summed E-state index contributed by atoms with van der Waals surface area (Å²) in [5, 5.41) is 8.91. The highest BCUT2D eigenvalue weighted by Gasteiger charge is 2.42. The first-order chi connectivity index (χ1) is 16.0. The van der Waals surface area contributed by atoms with E-state index >= 15 is 0 Å². The second-order valence-corrected chi connectivity index (χ2v) is 8.91. The zero-order valence-electron chi connectivity index (χ0n) is 17.5. The lowest BCUT2D eigenvalue weighted by Crippen LogP contribution is -2.29. The molecule has 1 aliphatic heterocycles. The highest BCUT2D eigenvalue weighted by atomic mass is 35.5. The molecule has 0 fully saturated rings. The first-order valence-corrected chi connectivity index (χ1v) is 11.3. The summed E-state index contributed by atoms with van der Waals surface area (Å²) in [5.41, 5.74) is 4.48. The van der Waals surface area contributed by atoms with Gasteiger partial charge in [0, 0.05) is 22.7 Å². The molecule has 4 aromatic rings. The molecule has 1 N–H and O–H groups in total. The predicted octanol–water partition coefficient (Wildman–Crippen LogP) is 6.79. The van der Waals surface area contributed by atoms with Crippen LogP contribution in [0, 0.1) is 0 Å². The molecule has 0 saturated carbocycles. The maximum Gasteiger partial charge on any atom is 0.273 e. The average Bonchev–Trinajstić information content (AvgIpc) is 3.36. The Morgan fingerprint density at radius 3 is 2.42 bits per heavy atom. The number of halogens is 3. The van der Waals surface area contributed by atoms with Gasteiger partial charge in [-0.15, -0.1) is 0 Å². The number of benzene rings is 3. The highest BCUT2D eigenvalue weighted by Crippen LogP contribution is 2.45. The molecule has 5 nitrogen and oxygen atoms in total. The van der Waals surface area contributed by atoms with Gasteiger partial charge in [-0.2, -0.15) is 5.10 Å². The largest absolute Gasteiger partial charge is 0.497 e. The van der Waals surface area contributed by atoms with Gasteiger partial charge in [-0.1, -0.05) is 59.1 Å². The summed E-state index contributed by atoms with van der Waals surface area (Å²) >= 11 is 19.0. The van der Waals surface area contributed by atoms with Crippen LogP contribution in [-0.2, 0) is 6.54 Å². The number of methoxy groups -OCH3 is 1. The van der Waals surface area contributed by atoms with Gasteiger partial charge in [0.05, 0.1) is 28.9 Å². The number of hydrogen-bond acceptors (Lipinski definition) is 3. The monoisotopic (exact) mass is 497 g/mol. The van der Waals surface area contributed by atoms with Crippen LogP contribution in [0.2, 0.25) is 15.1 Å². The molecule has 0 aliphatic carbocycles. The van der Waals surface area contributed by atoms with Crippen molar-refractivity contribution < 1.29 is 9.53 Å². The van der Waals surface area contributed by atoms with E-state index in [0.29, 0.717) is 33.0 Å². The Labute approximate surface area is 205 Å². The highest BCUT2D eigenvalue weighted by molar-refractivity contribution is 6.42. The standard InChI is InChI=1S/C25H18Cl3N3O2/c1-33-17-9-6-14(7-10-17)22-21-23(30-29-22)25(32)31(13-16-4-2-3-5-18(16)26)24(21)15-8-11-19(27)20(28)12-15/h2-12,24H,13H2,1H3,(H,29,30). The van der Waals surface area contributed by atoms with Crippen molar-refractivity contribution in [3.05, 3.63) is 104 Å². The molecule has 0 bridgehead atoms. The maximum absolute atomic E-state index is 13.5. The van der Waals surface area contributed by atoms with Crippen molar-refractivity contribution in [2.75, 3.05) is 7.11 Å². The van der Waals surface area contributed by atoms with Crippen molar-refractivity contribution in [1.29, 1.82) is 0 Å². The van der Waals surface area contributed by atoms with Crippen molar-refractivity contribution in [3.63, 3.8) is 0 Å². The molecule has 1 aromatic heterocycles. The lowest BCUT2D eigenvalue weighted by molar-refractivity contribution is 0.0730. The third kappa shape index (κ3) is 3.86. The second kappa shape index (κ2) is 8.75. The number of carbonyl (C=O) groups is 1. The lowest BCUT2D eigenvalue weighted by Gasteiger charge is -2.27. The number of nitrogens with one attached hydrogen (secondary N) is 1. The molecule has 0 saturated heterocycles. The minimum Gasteiger partial charge on any atom is -0.497 e. The molecule has 1 amide bonds. The van der Waals surface area contributed by atoms with Crippen molar-refractivity contribution in [2.45, 2.75) is 12.6 Å². The van der Waals surface area contributed by atoms with Crippen LogP contribution in [0.4, 0.5) is 0 Å². The maximum atomic E-state index is 13.5. The van der Waals surface area contributed by atoms with Gasteiger partial charge in [-0.3, -0.25) is 9.89 Å². The van der Waals surface area contributed by atoms with Crippen LogP contribution in [0.15, 0.2) is 66.7 Å². The van der Waals surface area contributed by atoms with Gasteiger partial charge in [0.15, 0.2) is 0 Å². The molecule has 5 rings (SSSR count). The van der Waals surface area contributed by atoms with E-state index < -0.39 is 6.04 Å². The average molecular weight is 499 g/mol. The number of carbonyl (C=O) groups excluding carboxylic acids is 1. The van der Waals surface area contributed by atoms with Gasteiger partial charge in [-0.05, 0) is 53.6 Å². The number of hydrogen-bond donors (Lipinski definition) is 1. The molecule has 0 radical (unpaired) electrons. The van der Waals surface area contributed by atoms with Gasteiger partial charge in [0.25, 0.3) is 5.91 Å². The van der Waals surface area contributed by atoms with Crippen molar-refractivity contribution in [3.8, 4) is 17.0 Å². The lowest BCUT2D eigenvalue weighted by atomic mass is 9.96. The Bertz CT molecular complexity index is 1350. The molecular weight excluding hydrogens is 481 g/mol. The van der Waals surface area contributed by atoms with Crippen molar-refractivity contribution in [1.82, 2.24) is 15.1 Å². The topological polar surface area (TPSA) is 58.2 Å². The molecule has 0 spiro atoms. The normalized spacial score (nSPS) is 15.1. The first-order valence-electron chi connectivity index (χ1n) is 10.2. The van der Waals surface area contributed by atoms with Crippen LogP contribution in [-0.4, -0.2) is 28.1 Å². The van der Waals surface area contributed by atoms with Crippen LogP contribution < -0.4 is 4.74 Å². The summed E-state index contributed by atoms with van der Waals surface area (Å²) < 4.78 is 5.28. The fourth-order valence-corrected chi connectivity index (χ4v) is 4.67. The molecule has 1 unspecified atom stereocenters. The van der Waals surface area contributed by atoms with Crippen molar-refractivity contribution in [2.24, 2.45) is 0 Å². The molecule has 1 aliphatic rings. The molecule has 166 valence electrons. The molecular formula is C25H18Cl3N3O2. The first kappa shape index (κ1) is 21.8. The summed E-state index contributed by atoms with van der Waals surface area (Å²) in [7, 11) is 1.62. The summed E-state index contributed by atoms with van der Waals surface area (Å²) in [6, 6.07) is 20.1. The van der Waals surface area contributed by atoms with E-state index in [1.807, 2.05) is 54.6 Å². The van der Waals surface area contributed by atoms with Gasteiger partial charge >= 0.3 is 0 Å². The fourth-order valence-electron chi connectivity index (χ4n) is 4.17. The Hall–Kier alpha value is -2.99. The predicted molar refractivity (Wildman–Crippen MR) is 130 cm³/mol. The van der Waals surface area contributed by atoms with Crippen LogP contribution >= 0.6 is 34.8 Å². The van der Waals surface area contributed by atoms with E-state index in [-0.39, 0.29) is 5.91 Å². The van der Waals surface area contributed by atoms with E-state index in [1.165, 1.54) is 0 Å². The van der Waals surface area contributed by atoms with E-state index in [9.17, 15) is 4.79 Å². The third-order valence-electron chi connectivity index (χ3n) is 5.79. The van der Waals surface area contributed by atoms with E-state index in [0.717, 1.165) is 28.0 Å². The number of ether oxygens (including phenoxy) is 1. The second-order valence-electron chi connectivity index (χ2n) is 7.69. The minimum atomic E-state index is -0.422. The van der Waals surface area contributed by atoms with Crippen LogP contribution in [0.5, 0.6) is 5.75 Å². The van der Waals surface area contributed by atoms with E-state index in [1.54, 1.807) is 24.1 Å². The van der Waals surface area contributed by atoms with Crippen LogP contribution in [0.3, 0.4) is 0 Å². The van der Waals surface area contributed by atoms with Gasteiger partial charge in [0.2, 0.25) is 0 Å². The smallest absolute Gasteiger partial charge is 0.273 e. The quantitative estimate of drug-likeness (QED) is 0.329. The number of rotatable bonds is 5. The van der Waals surface area contributed by atoms with E-state index in [2.05, 4.69) is 10.2 Å². The summed E-state index contributed by atoms with van der Waals surface area (Å²) in [6.07, 6.45) is 0. The Morgan fingerprint density at radius 1 is 0.970 bits per heavy atom. The fraction of sp³-hybridized carbons (Fsp3) is 0.120. The number of aromatic nitrogens is 2. The van der Waals surface area contributed by atoms with Crippen LogP contribution in [0.25, 0.3) is 11.3 Å². The number of amides is 1. The Kier molecular flexibility index (Phi) is 5.79. The molecule has 33 heavy (non-hydrogen) atoms.